The summed E-state index contributed by atoms with van der Waals surface area (Å²) in [6, 6.07) is 11.8. The first-order valence-electron chi connectivity index (χ1n) is 7.17. The highest BCUT2D eigenvalue weighted by molar-refractivity contribution is 14.1. The van der Waals surface area contributed by atoms with Crippen LogP contribution in [0.3, 0.4) is 0 Å². The molecule has 0 aliphatic carbocycles. The fourth-order valence-corrected chi connectivity index (χ4v) is 2.66. The molecule has 8 heteroatoms. The molecule has 0 saturated carbocycles. The Kier molecular flexibility index (Phi) is 5.99. The lowest BCUT2D eigenvalue weighted by Gasteiger charge is -2.26. The number of benzene rings is 2. The molecule has 1 atom stereocenters. The quantitative estimate of drug-likeness (QED) is 0.157. The molecule has 0 aliphatic rings. The van der Waals surface area contributed by atoms with Crippen LogP contribution in [0.5, 0.6) is 11.5 Å². The molecular formula is C16H16BINO4P. The molecule has 2 aromatic carbocycles. The third kappa shape index (κ3) is 4.13. The van der Waals surface area contributed by atoms with E-state index >= 15 is 0 Å². The Hall–Kier alpha value is -1.47. The lowest BCUT2D eigenvalue weighted by Crippen LogP contribution is -2.28. The molecule has 0 N–H and O–H groups in total. The van der Waals surface area contributed by atoms with E-state index in [-0.39, 0.29) is 16.6 Å². The maximum atomic E-state index is 11.0. The van der Waals surface area contributed by atoms with E-state index in [0.29, 0.717) is 22.1 Å². The standard InChI is InChI=1S/C16H16BINO4P/c1-16(2,17(18)24)12-3-5-13(6-4-12)23-14-7-8-15(19(21)22)11(9-14)10-20/h3-10H,24H2,1-2H3. The smallest absolute Gasteiger partial charge is 0.280 e. The van der Waals surface area contributed by atoms with Gasteiger partial charge in [0.2, 0.25) is 4.29 Å². The van der Waals surface area contributed by atoms with Crippen molar-refractivity contribution in [2.24, 2.45) is 0 Å². The normalized spacial score (nSPS) is 11.0. The van der Waals surface area contributed by atoms with E-state index < -0.39 is 4.92 Å². The molecule has 2 aromatic rings. The van der Waals surface area contributed by atoms with Crippen molar-refractivity contribution in [1.29, 1.82) is 0 Å². The first-order chi connectivity index (χ1) is 11.3. The zero-order chi connectivity index (χ0) is 17.9. The lowest BCUT2D eigenvalue weighted by atomic mass is 9.66. The van der Waals surface area contributed by atoms with E-state index in [1.807, 2.05) is 24.3 Å². The second-order valence-corrected chi connectivity index (χ2v) is 9.21. The highest BCUT2D eigenvalue weighted by atomic mass is 127. The molecule has 0 saturated heterocycles. The van der Waals surface area contributed by atoms with Gasteiger partial charge in [-0.2, -0.15) is 9.12 Å². The predicted molar refractivity (Wildman–Crippen MR) is 108 cm³/mol. The number of hydrogen-bond acceptors (Lipinski definition) is 4. The second kappa shape index (κ2) is 7.61. The van der Waals surface area contributed by atoms with Crippen molar-refractivity contribution in [3.05, 3.63) is 63.7 Å². The first-order valence-corrected chi connectivity index (χ1v) is 9.08. The van der Waals surface area contributed by atoms with Gasteiger partial charge in [-0.15, -0.1) is 22.4 Å². The molecule has 0 spiro atoms. The number of halogens is 1. The fourth-order valence-electron chi connectivity index (χ4n) is 2.10. The lowest BCUT2D eigenvalue weighted by molar-refractivity contribution is -0.385. The van der Waals surface area contributed by atoms with Crippen molar-refractivity contribution in [3.8, 4) is 11.5 Å². The molecule has 0 aromatic heterocycles. The Morgan fingerprint density at radius 1 is 1.21 bits per heavy atom. The maximum Gasteiger partial charge on any atom is 0.280 e. The number of carbonyl (C=O) groups is 1. The van der Waals surface area contributed by atoms with Gasteiger partial charge in [-0.25, -0.2) is 0 Å². The van der Waals surface area contributed by atoms with E-state index in [1.165, 1.54) is 23.8 Å². The molecule has 0 aliphatic heterocycles. The molecule has 24 heavy (non-hydrogen) atoms. The third-order valence-electron chi connectivity index (χ3n) is 3.85. The third-order valence-corrected chi connectivity index (χ3v) is 6.24. The van der Waals surface area contributed by atoms with Gasteiger partial charge in [0.1, 0.15) is 11.5 Å². The largest absolute Gasteiger partial charge is 0.457 e. The predicted octanol–water partition coefficient (Wildman–Crippen LogP) is 4.81. The SMILES string of the molecule is CC(C)(B(P)I)c1ccc(Oc2ccc([N+](=O)[O-])c(C=O)c2)cc1. The van der Waals surface area contributed by atoms with Crippen LogP contribution in [0.1, 0.15) is 29.8 Å². The van der Waals surface area contributed by atoms with Gasteiger partial charge < -0.3 is 4.74 Å². The number of nitro benzene ring substituents is 1. The number of nitrogens with zero attached hydrogens (tertiary/aromatic N) is 1. The summed E-state index contributed by atoms with van der Waals surface area (Å²) in [5, 5.41) is 10.8. The minimum absolute atomic E-state index is 0.00179. The minimum atomic E-state index is -0.590. The Labute approximate surface area is 156 Å². The number of ether oxygens (including phenoxy) is 1. The highest BCUT2D eigenvalue weighted by Gasteiger charge is 2.29. The highest BCUT2D eigenvalue weighted by Crippen LogP contribution is 2.34. The number of nitro groups is 1. The van der Waals surface area contributed by atoms with Gasteiger partial charge in [0.15, 0.2) is 6.29 Å². The van der Waals surface area contributed by atoms with Gasteiger partial charge in [-0.3, -0.25) is 14.9 Å². The topological polar surface area (TPSA) is 69.4 Å². The molecule has 5 nitrogen and oxygen atoms in total. The van der Waals surface area contributed by atoms with Gasteiger partial charge in [0.25, 0.3) is 5.69 Å². The van der Waals surface area contributed by atoms with E-state index in [9.17, 15) is 14.9 Å². The average Bonchev–Trinajstić information content (AvgIpc) is 2.54. The molecule has 0 fully saturated rings. The molecule has 124 valence electrons. The molecule has 0 amide bonds. The van der Waals surface area contributed by atoms with Gasteiger partial charge in [0.05, 0.1) is 10.5 Å². The first kappa shape index (κ1) is 18.9. The van der Waals surface area contributed by atoms with Crippen LogP contribution in [0, 0.1) is 10.1 Å². The summed E-state index contributed by atoms with van der Waals surface area (Å²) in [6.07, 6.45) is 0.454. The van der Waals surface area contributed by atoms with Gasteiger partial charge in [-0.05, 0) is 35.1 Å². The van der Waals surface area contributed by atoms with Crippen LogP contribution >= 0.6 is 31.5 Å². The van der Waals surface area contributed by atoms with Crippen LogP contribution in [0.15, 0.2) is 42.5 Å². The Balaban J connectivity index is 2.23. The van der Waals surface area contributed by atoms with E-state index in [0.717, 1.165) is 0 Å². The van der Waals surface area contributed by atoms with Crippen molar-refractivity contribution < 1.29 is 14.5 Å². The zero-order valence-corrected chi connectivity index (χ0v) is 16.5. The Morgan fingerprint density at radius 3 is 2.29 bits per heavy atom. The van der Waals surface area contributed by atoms with Crippen LogP contribution in [-0.4, -0.2) is 15.5 Å². The fraction of sp³-hybridized carbons (Fsp3) is 0.188. The van der Waals surface area contributed by atoms with Crippen LogP contribution in [-0.2, 0) is 5.31 Å². The number of aldehydes is 1. The second-order valence-electron chi connectivity index (χ2n) is 5.85. The summed E-state index contributed by atoms with van der Waals surface area (Å²) in [6.45, 7) is 4.33. The zero-order valence-electron chi connectivity index (χ0n) is 13.2. The summed E-state index contributed by atoms with van der Waals surface area (Å²) in [7, 11) is 2.81. The summed E-state index contributed by atoms with van der Waals surface area (Å²) in [5.41, 5.74) is 0.940. The van der Waals surface area contributed by atoms with Crippen molar-refractivity contribution >= 4 is 47.8 Å². The van der Waals surface area contributed by atoms with Crippen molar-refractivity contribution in [3.63, 3.8) is 0 Å². The van der Waals surface area contributed by atoms with Crippen molar-refractivity contribution in [1.82, 2.24) is 0 Å². The van der Waals surface area contributed by atoms with Gasteiger partial charge in [-0.1, -0.05) is 26.0 Å². The monoisotopic (exact) mass is 455 g/mol. The van der Waals surface area contributed by atoms with E-state index in [2.05, 4.69) is 45.3 Å². The Bertz CT molecular complexity index is 765. The van der Waals surface area contributed by atoms with Gasteiger partial charge in [0, 0.05) is 6.07 Å². The number of carbonyl (C=O) groups excluding carboxylic acids is 1. The number of rotatable bonds is 6. The van der Waals surface area contributed by atoms with E-state index in [4.69, 9.17) is 4.74 Å². The van der Waals surface area contributed by atoms with Crippen molar-refractivity contribution in [2.75, 3.05) is 0 Å². The summed E-state index contributed by atoms with van der Waals surface area (Å²) < 4.78 is 6.08. The van der Waals surface area contributed by atoms with Crippen LogP contribution < -0.4 is 4.74 Å². The molecule has 1 unspecified atom stereocenters. The molecule has 0 radical (unpaired) electrons. The molecule has 0 bridgehead atoms. The van der Waals surface area contributed by atoms with Crippen LogP contribution in [0.25, 0.3) is 0 Å². The summed E-state index contributed by atoms with van der Waals surface area (Å²) in [4.78, 5) is 21.2. The summed E-state index contributed by atoms with van der Waals surface area (Å²) >= 11 is 2.38. The molecule has 2 rings (SSSR count). The maximum absolute atomic E-state index is 11.0. The Morgan fingerprint density at radius 2 is 1.79 bits per heavy atom. The number of hydrogen-bond donors (Lipinski definition) is 0. The van der Waals surface area contributed by atoms with Gasteiger partial charge >= 0.3 is 0 Å². The van der Waals surface area contributed by atoms with Crippen LogP contribution in [0.4, 0.5) is 5.69 Å². The van der Waals surface area contributed by atoms with Crippen LogP contribution in [0.2, 0.25) is 0 Å². The summed E-state index contributed by atoms with van der Waals surface area (Å²) in [5.74, 6) is 0.988. The molecular weight excluding hydrogens is 439 g/mol. The average molecular weight is 455 g/mol. The minimum Gasteiger partial charge on any atom is -0.457 e. The van der Waals surface area contributed by atoms with E-state index in [1.54, 1.807) is 0 Å². The van der Waals surface area contributed by atoms with Crippen molar-refractivity contribution in [2.45, 2.75) is 19.2 Å². The molecule has 0 heterocycles.